The Hall–Kier alpha value is -2.42. The van der Waals surface area contributed by atoms with Crippen molar-refractivity contribution in [3.8, 4) is 5.69 Å². The highest BCUT2D eigenvalue weighted by Crippen LogP contribution is 2.27. The fourth-order valence-corrected chi connectivity index (χ4v) is 4.39. The van der Waals surface area contributed by atoms with Crippen molar-refractivity contribution in [2.45, 2.75) is 12.1 Å². The molecule has 0 unspecified atom stereocenters. The molecule has 2 heterocycles. The number of carbonyl (C=O) groups is 1. The van der Waals surface area contributed by atoms with Gasteiger partial charge in [-0.2, -0.15) is 0 Å². The lowest BCUT2D eigenvalue weighted by Gasteiger charge is -2.06. The minimum atomic E-state index is -0.142. The number of fused-ring (bicyclic) bond motifs is 1. The number of anilines is 1. The quantitative estimate of drug-likeness (QED) is 0.483. The number of thiazole rings is 1. The van der Waals surface area contributed by atoms with Gasteiger partial charge < -0.3 is 5.32 Å². The Balaban J connectivity index is 1.43. The molecule has 0 atom stereocenters. The van der Waals surface area contributed by atoms with Crippen molar-refractivity contribution in [3.05, 3.63) is 59.4 Å². The number of aryl methyl sites for hydroxylation is 1. The van der Waals surface area contributed by atoms with Crippen LogP contribution in [0.1, 0.15) is 5.56 Å². The summed E-state index contributed by atoms with van der Waals surface area (Å²) in [6.45, 7) is 2.03. The number of thioether (sulfide) groups is 1. The fourth-order valence-electron chi connectivity index (χ4n) is 2.50. The highest BCUT2D eigenvalue weighted by Gasteiger charge is 2.12. The Morgan fingerprint density at radius 2 is 2.19 bits per heavy atom. The summed E-state index contributed by atoms with van der Waals surface area (Å²) in [4.78, 5) is 16.8. The van der Waals surface area contributed by atoms with Gasteiger partial charge in [0.15, 0.2) is 10.3 Å². The molecule has 0 aliphatic rings. The molecule has 0 bridgehead atoms. The maximum absolute atomic E-state index is 12.3. The predicted molar refractivity (Wildman–Crippen MR) is 110 cm³/mol. The minimum Gasteiger partial charge on any atom is -0.301 e. The molecule has 0 aliphatic heterocycles. The lowest BCUT2D eigenvalue weighted by atomic mass is 10.2. The summed E-state index contributed by atoms with van der Waals surface area (Å²) in [5.41, 5.74) is 2.89. The zero-order chi connectivity index (χ0) is 18.8. The van der Waals surface area contributed by atoms with Gasteiger partial charge >= 0.3 is 0 Å². The van der Waals surface area contributed by atoms with Gasteiger partial charge in [0, 0.05) is 5.02 Å². The molecule has 0 fully saturated rings. The molecule has 1 N–H and O–H groups in total. The third-order valence-corrected chi connectivity index (χ3v) is 5.84. The van der Waals surface area contributed by atoms with E-state index in [1.165, 1.54) is 28.7 Å². The SMILES string of the molecule is Cc1ccc2nc(NC(=O)CSc3nncn3-c3cccc(Cl)c3)sc2c1. The first-order valence-electron chi connectivity index (χ1n) is 8.04. The van der Waals surface area contributed by atoms with Gasteiger partial charge in [-0.1, -0.05) is 46.8 Å². The zero-order valence-corrected chi connectivity index (χ0v) is 16.6. The Labute approximate surface area is 168 Å². The lowest BCUT2D eigenvalue weighted by molar-refractivity contribution is -0.113. The minimum absolute atomic E-state index is 0.142. The van der Waals surface area contributed by atoms with E-state index in [-0.39, 0.29) is 11.7 Å². The average molecular weight is 416 g/mol. The van der Waals surface area contributed by atoms with Gasteiger partial charge in [-0.3, -0.25) is 9.36 Å². The number of nitrogens with zero attached hydrogens (tertiary/aromatic N) is 4. The first-order chi connectivity index (χ1) is 13.1. The number of benzene rings is 2. The summed E-state index contributed by atoms with van der Waals surface area (Å²) in [7, 11) is 0. The second-order valence-electron chi connectivity index (χ2n) is 5.79. The smallest absolute Gasteiger partial charge is 0.236 e. The molecule has 27 heavy (non-hydrogen) atoms. The molecule has 2 aromatic carbocycles. The number of aromatic nitrogens is 4. The summed E-state index contributed by atoms with van der Waals surface area (Å²) in [5, 5.41) is 12.7. The van der Waals surface area contributed by atoms with Crippen LogP contribution in [0.15, 0.2) is 53.9 Å². The molecule has 0 saturated heterocycles. The zero-order valence-electron chi connectivity index (χ0n) is 14.2. The normalized spacial score (nSPS) is 11.0. The molecule has 1 amide bonds. The first-order valence-corrected chi connectivity index (χ1v) is 10.2. The van der Waals surface area contributed by atoms with E-state index in [2.05, 4.69) is 26.6 Å². The predicted octanol–water partition coefficient (Wildman–Crippen LogP) is 4.57. The van der Waals surface area contributed by atoms with Crippen molar-refractivity contribution in [1.82, 2.24) is 19.7 Å². The van der Waals surface area contributed by atoms with Crippen LogP contribution in [0.3, 0.4) is 0 Å². The van der Waals surface area contributed by atoms with E-state index in [0.717, 1.165) is 15.9 Å². The number of hydrogen-bond acceptors (Lipinski definition) is 6. The number of amides is 1. The molecule has 9 heteroatoms. The van der Waals surface area contributed by atoms with Gasteiger partial charge in [0.1, 0.15) is 6.33 Å². The van der Waals surface area contributed by atoms with E-state index >= 15 is 0 Å². The number of rotatable bonds is 5. The van der Waals surface area contributed by atoms with Gasteiger partial charge in [0.05, 0.1) is 21.7 Å². The second kappa shape index (κ2) is 7.67. The van der Waals surface area contributed by atoms with E-state index < -0.39 is 0 Å². The maximum Gasteiger partial charge on any atom is 0.236 e. The Morgan fingerprint density at radius 1 is 1.30 bits per heavy atom. The Kier molecular flexibility index (Phi) is 5.11. The highest BCUT2D eigenvalue weighted by molar-refractivity contribution is 7.99. The summed E-state index contributed by atoms with van der Waals surface area (Å²) in [6, 6.07) is 13.4. The van der Waals surface area contributed by atoms with Crippen LogP contribution in [0.5, 0.6) is 0 Å². The number of halogens is 1. The first kappa shape index (κ1) is 18.0. The monoisotopic (exact) mass is 415 g/mol. The molecule has 0 spiro atoms. The third-order valence-electron chi connectivity index (χ3n) is 3.73. The van der Waals surface area contributed by atoms with Gasteiger partial charge in [-0.05, 0) is 42.8 Å². The van der Waals surface area contributed by atoms with Gasteiger partial charge in [0.2, 0.25) is 5.91 Å². The van der Waals surface area contributed by atoms with Crippen molar-refractivity contribution < 1.29 is 4.79 Å². The molecular weight excluding hydrogens is 402 g/mol. The second-order valence-corrected chi connectivity index (χ2v) is 8.20. The van der Waals surface area contributed by atoms with Crippen LogP contribution in [0, 0.1) is 6.92 Å². The van der Waals surface area contributed by atoms with Gasteiger partial charge in [-0.15, -0.1) is 10.2 Å². The van der Waals surface area contributed by atoms with Crippen LogP contribution >= 0.6 is 34.7 Å². The molecule has 136 valence electrons. The summed E-state index contributed by atoms with van der Waals surface area (Å²) < 4.78 is 2.85. The number of hydrogen-bond donors (Lipinski definition) is 1. The molecule has 6 nitrogen and oxygen atoms in total. The van der Waals surface area contributed by atoms with Gasteiger partial charge in [0.25, 0.3) is 0 Å². The molecule has 4 aromatic rings. The van der Waals surface area contributed by atoms with E-state index in [1.807, 2.05) is 37.3 Å². The van der Waals surface area contributed by atoms with E-state index in [0.29, 0.717) is 15.3 Å². The van der Waals surface area contributed by atoms with Crippen LogP contribution < -0.4 is 5.32 Å². The fraction of sp³-hybridized carbons (Fsp3) is 0.111. The van der Waals surface area contributed by atoms with Crippen molar-refractivity contribution >= 4 is 56.0 Å². The molecule has 0 aliphatic carbocycles. The summed E-state index contributed by atoms with van der Waals surface area (Å²) in [5.74, 6) is 0.0604. The van der Waals surface area contributed by atoms with E-state index in [4.69, 9.17) is 11.6 Å². The van der Waals surface area contributed by atoms with Crippen LogP contribution in [0.2, 0.25) is 5.02 Å². The summed E-state index contributed by atoms with van der Waals surface area (Å²) >= 11 is 8.81. The molecule has 0 radical (unpaired) electrons. The lowest BCUT2D eigenvalue weighted by Crippen LogP contribution is -2.14. The Morgan fingerprint density at radius 3 is 3.04 bits per heavy atom. The van der Waals surface area contributed by atoms with Crippen molar-refractivity contribution in [2.24, 2.45) is 0 Å². The average Bonchev–Trinajstić information content (AvgIpc) is 3.25. The van der Waals surface area contributed by atoms with Crippen molar-refractivity contribution in [3.63, 3.8) is 0 Å². The molecular formula is C18H14ClN5OS2. The van der Waals surface area contributed by atoms with Crippen LogP contribution in [-0.4, -0.2) is 31.4 Å². The van der Waals surface area contributed by atoms with Crippen LogP contribution in [-0.2, 0) is 4.79 Å². The maximum atomic E-state index is 12.3. The molecule has 4 rings (SSSR count). The Bertz CT molecular complexity index is 1120. The van der Waals surface area contributed by atoms with E-state index in [9.17, 15) is 4.79 Å². The van der Waals surface area contributed by atoms with Gasteiger partial charge in [-0.25, -0.2) is 4.98 Å². The third kappa shape index (κ3) is 4.13. The highest BCUT2D eigenvalue weighted by atomic mass is 35.5. The van der Waals surface area contributed by atoms with E-state index in [1.54, 1.807) is 17.0 Å². The summed E-state index contributed by atoms with van der Waals surface area (Å²) in [6.07, 6.45) is 1.60. The molecule has 0 saturated carbocycles. The standard InChI is InChI=1S/C18H14ClN5OS2/c1-11-5-6-14-15(7-11)27-17(21-14)22-16(25)9-26-18-23-20-10-24(18)13-4-2-3-12(19)8-13/h2-8,10H,9H2,1H3,(H,21,22,25). The topological polar surface area (TPSA) is 72.7 Å². The molecule has 2 aromatic heterocycles. The van der Waals surface area contributed by atoms with Crippen LogP contribution in [0.4, 0.5) is 5.13 Å². The largest absolute Gasteiger partial charge is 0.301 e. The number of nitrogens with one attached hydrogen (secondary N) is 1. The van der Waals surface area contributed by atoms with Crippen LogP contribution in [0.25, 0.3) is 15.9 Å². The number of carbonyl (C=O) groups excluding carboxylic acids is 1. The van der Waals surface area contributed by atoms with Crippen molar-refractivity contribution in [1.29, 1.82) is 0 Å². The van der Waals surface area contributed by atoms with Crippen molar-refractivity contribution in [2.75, 3.05) is 11.1 Å².